The molecule has 112 valence electrons. The van der Waals surface area contributed by atoms with E-state index in [0.717, 1.165) is 28.8 Å². The Morgan fingerprint density at radius 3 is 2.95 bits per heavy atom. The van der Waals surface area contributed by atoms with Gasteiger partial charge in [0.05, 0.1) is 23.1 Å². The molecular weight excluding hydrogens is 260 g/mol. The first kappa shape index (κ1) is 14.1. The lowest BCUT2D eigenvalue weighted by molar-refractivity contribution is 0.266. The van der Waals surface area contributed by atoms with Gasteiger partial charge >= 0.3 is 0 Å². The molecule has 0 spiro atoms. The highest BCUT2D eigenvalue weighted by molar-refractivity contribution is 5.96. The number of hydrogen-bond donors (Lipinski definition) is 2. The number of para-hydroxylation sites is 1. The summed E-state index contributed by atoms with van der Waals surface area (Å²) in [7, 11) is 0. The van der Waals surface area contributed by atoms with E-state index in [0.29, 0.717) is 12.0 Å². The van der Waals surface area contributed by atoms with E-state index >= 15 is 0 Å². The number of nitrogens with two attached hydrogens (primary N) is 1. The van der Waals surface area contributed by atoms with Gasteiger partial charge in [0.15, 0.2) is 0 Å². The molecule has 3 N–H and O–H groups in total. The van der Waals surface area contributed by atoms with E-state index in [9.17, 15) is 0 Å². The number of nitrogens with one attached hydrogen (secondary N) is 1. The van der Waals surface area contributed by atoms with Gasteiger partial charge in [-0.3, -0.25) is 4.98 Å². The molecule has 2 aromatic rings. The Balaban J connectivity index is 1.73. The van der Waals surface area contributed by atoms with Crippen LogP contribution in [0.4, 0.5) is 11.4 Å². The lowest BCUT2D eigenvalue weighted by Gasteiger charge is -2.20. The molecule has 2 heterocycles. The van der Waals surface area contributed by atoms with Gasteiger partial charge in [0.25, 0.3) is 0 Å². The smallest absolute Gasteiger partial charge is 0.0743 e. The predicted molar refractivity (Wildman–Crippen MR) is 89.5 cm³/mol. The second-order valence-corrected chi connectivity index (χ2v) is 6.23. The van der Waals surface area contributed by atoms with Gasteiger partial charge in [-0.1, -0.05) is 18.2 Å². The van der Waals surface area contributed by atoms with Crippen molar-refractivity contribution in [1.29, 1.82) is 0 Å². The first-order valence-electron chi connectivity index (χ1n) is 7.76. The predicted octanol–water partition coefficient (Wildman–Crippen LogP) is 2.96. The summed E-state index contributed by atoms with van der Waals surface area (Å²) in [6.07, 6.45) is 3.01. The molecule has 21 heavy (non-hydrogen) atoms. The van der Waals surface area contributed by atoms with Crippen LogP contribution in [0.3, 0.4) is 0 Å². The van der Waals surface area contributed by atoms with Crippen LogP contribution in [-0.4, -0.2) is 35.6 Å². The van der Waals surface area contributed by atoms with Gasteiger partial charge in [0.1, 0.15) is 0 Å². The molecule has 4 heteroatoms. The molecule has 1 aromatic heterocycles. The van der Waals surface area contributed by atoms with Crippen molar-refractivity contribution in [3.05, 3.63) is 30.5 Å². The Hall–Kier alpha value is -1.81. The van der Waals surface area contributed by atoms with Gasteiger partial charge in [-0.15, -0.1) is 0 Å². The molecule has 0 amide bonds. The zero-order chi connectivity index (χ0) is 14.8. The third-order valence-corrected chi connectivity index (χ3v) is 4.42. The van der Waals surface area contributed by atoms with Gasteiger partial charge < -0.3 is 16.0 Å². The van der Waals surface area contributed by atoms with Gasteiger partial charge in [0.2, 0.25) is 0 Å². The number of aromatic nitrogens is 1. The summed E-state index contributed by atoms with van der Waals surface area (Å²) in [4.78, 5) is 6.93. The highest BCUT2D eigenvalue weighted by Crippen LogP contribution is 2.28. The lowest BCUT2D eigenvalue weighted by atomic mass is 10.1. The van der Waals surface area contributed by atoms with Crippen LogP contribution in [0.1, 0.15) is 20.3 Å². The summed E-state index contributed by atoms with van der Waals surface area (Å²) in [5.41, 5.74) is 8.86. The minimum atomic E-state index is 0.641. The molecule has 0 saturated carbocycles. The van der Waals surface area contributed by atoms with Gasteiger partial charge in [0, 0.05) is 24.5 Å². The zero-order valence-electron chi connectivity index (χ0n) is 12.8. The highest BCUT2D eigenvalue weighted by atomic mass is 15.2. The van der Waals surface area contributed by atoms with Crippen LogP contribution in [0.2, 0.25) is 0 Å². The van der Waals surface area contributed by atoms with E-state index < -0.39 is 0 Å². The summed E-state index contributed by atoms with van der Waals surface area (Å²) in [5.74, 6) is 0.693. The van der Waals surface area contributed by atoms with Crippen LogP contribution in [-0.2, 0) is 0 Å². The van der Waals surface area contributed by atoms with Crippen LogP contribution >= 0.6 is 0 Å². The maximum absolute atomic E-state index is 6.11. The second kappa shape index (κ2) is 5.90. The number of pyridine rings is 1. The molecule has 0 radical (unpaired) electrons. The van der Waals surface area contributed by atoms with E-state index in [1.54, 1.807) is 6.20 Å². The Bertz CT molecular complexity index is 623. The summed E-state index contributed by atoms with van der Waals surface area (Å²) < 4.78 is 0. The monoisotopic (exact) mass is 284 g/mol. The standard InChI is InChI=1S/C17H24N4/c1-12(2)21-8-7-13(11-21)9-20-17-14-5-3-4-6-16(14)19-10-15(17)18/h3-6,10,12-13H,7-9,11,18H2,1-2H3,(H,19,20). The topological polar surface area (TPSA) is 54.2 Å². The molecule has 1 saturated heterocycles. The van der Waals surface area contributed by atoms with E-state index in [1.165, 1.54) is 19.5 Å². The summed E-state index contributed by atoms with van der Waals surface area (Å²) >= 11 is 0. The quantitative estimate of drug-likeness (QED) is 0.906. The number of benzene rings is 1. The van der Waals surface area contributed by atoms with Gasteiger partial charge in [-0.2, -0.15) is 0 Å². The van der Waals surface area contributed by atoms with Gasteiger partial charge in [-0.05, 0) is 38.8 Å². The Morgan fingerprint density at radius 1 is 1.38 bits per heavy atom. The molecule has 0 aliphatic carbocycles. The van der Waals surface area contributed by atoms with Crippen molar-refractivity contribution in [2.75, 3.05) is 30.7 Å². The molecular formula is C17H24N4. The minimum absolute atomic E-state index is 0.641. The third kappa shape index (κ3) is 2.95. The first-order chi connectivity index (χ1) is 10.1. The zero-order valence-corrected chi connectivity index (χ0v) is 12.8. The number of hydrogen-bond acceptors (Lipinski definition) is 4. The minimum Gasteiger partial charge on any atom is -0.396 e. The fourth-order valence-corrected chi connectivity index (χ4v) is 3.10. The van der Waals surface area contributed by atoms with Crippen molar-refractivity contribution >= 4 is 22.3 Å². The second-order valence-electron chi connectivity index (χ2n) is 6.23. The van der Waals surface area contributed by atoms with Crippen LogP contribution in [0, 0.1) is 5.92 Å². The van der Waals surface area contributed by atoms with Crippen molar-refractivity contribution in [2.24, 2.45) is 5.92 Å². The maximum atomic E-state index is 6.11. The molecule has 1 fully saturated rings. The molecule has 0 bridgehead atoms. The summed E-state index contributed by atoms with van der Waals surface area (Å²) in [5, 5.41) is 4.67. The average Bonchev–Trinajstić information content (AvgIpc) is 2.95. The maximum Gasteiger partial charge on any atom is 0.0743 e. The number of nitrogen functional groups attached to an aromatic ring is 1. The Kier molecular flexibility index (Phi) is 3.97. The summed E-state index contributed by atoms with van der Waals surface area (Å²) in [6.45, 7) is 7.89. The lowest BCUT2D eigenvalue weighted by Crippen LogP contribution is -2.29. The summed E-state index contributed by atoms with van der Waals surface area (Å²) in [6, 6.07) is 8.78. The SMILES string of the molecule is CC(C)N1CCC(CNc2c(N)cnc3ccccc23)C1. The molecule has 1 unspecified atom stereocenters. The van der Waals surface area contributed by atoms with E-state index in [-0.39, 0.29) is 0 Å². The number of anilines is 2. The Labute approximate surface area is 126 Å². The molecule has 1 atom stereocenters. The van der Waals surface area contributed by atoms with Crippen molar-refractivity contribution in [3.63, 3.8) is 0 Å². The normalized spacial score (nSPS) is 19.5. The highest BCUT2D eigenvalue weighted by Gasteiger charge is 2.24. The molecule has 1 aliphatic heterocycles. The van der Waals surface area contributed by atoms with Crippen molar-refractivity contribution in [1.82, 2.24) is 9.88 Å². The van der Waals surface area contributed by atoms with Crippen LogP contribution in [0.25, 0.3) is 10.9 Å². The largest absolute Gasteiger partial charge is 0.396 e. The van der Waals surface area contributed by atoms with E-state index in [1.807, 2.05) is 18.2 Å². The molecule has 1 aromatic carbocycles. The fourth-order valence-electron chi connectivity index (χ4n) is 3.10. The average molecular weight is 284 g/mol. The van der Waals surface area contributed by atoms with Crippen LogP contribution in [0.15, 0.2) is 30.5 Å². The number of likely N-dealkylation sites (tertiary alicyclic amines) is 1. The van der Waals surface area contributed by atoms with Crippen molar-refractivity contribution in [3.8, 4) is 0 Å². The Morgan fingerprint density at radius 2 is 2.19 bits per heavy atom. The molecule has 3 rings (SSSR count). The first-order valence-corrected chi connectivity index (χ1v) is 7.76. The molecule has 1 aliphatic rings. The van der Waals surface area contributed by atoms with Crippen molar-refractivity contribution < 1.29 is 0 Å². The number of rotatable bonds is 4. The number of fused-ring (bicyclic) bond motifs is 1. The fraction of sp³-hybridized carbons (Fsp3) is 0.471. The van der Waals surface area contributed by atoms with E-state index in [4.69, 9.17) is 5.73 Å². The number of nitrogens with zero attached hydrogens (tertiary/aromatic N) is 2. The van der Waals surface area contributed by atoms with Crippen LogP contribution in [0.5, 0.6) is 0 Å². The third-order valence-electron chi connectivity index (χ3n) is 4.42. The van der Waals surface area contributed by atoms with E-state index in [2.05, 4.69) is 35.1 Å². The van der Waals surface area contributed by atoms with Crippen LogP contribution < -0.4 is 11.1 Å². The van der Waals surface area contributed by atoms with Crippen molar-refractivity contribution in [2.45, 2.75) is 26.3 Å². The van der Waals surface area contributed by atoms with Gasteiger partial charge in [-0.25, -0.2) is 0 Å². The molecule has 4 nitrogen and oxygen atoms in total.